The number of aryl methyl sites for hydroxylation is 1. The van der Waals surface area contributed by atoms with Crippen molar-refractivity contribution in [2.24, 2.45) is 5.92 Å². The highest BCUT2D eigenvalue weighted by molar-refractivity contribution is 8.13. The van der Waals surface area contributed by atoms with Gasteiger partial charge in [-0.05, 0) is 10.4 Å². The fourth-order valence-corrected chi connectivity index (χ4v) is 2.11. The van der Waals surface area contributed by atoms with Gasteiger partial charge in [-0.2, -0.15) is 13.2 Å². The summed E-state index contributed by atoms with van der Waals surface area (Å²) < 4.78 is 38.6. The Balaban J connectivity index is 2.80. The Labute approximate surface area is 131 Å². The van der Waals surface area contributed by atoms with Gasteiger partial charge in [0.25, 0.3) is 5.91 Å². The van der Waals surface area contributed by atoms with Gasteiger partial charge < -0.3 is 5.11 Å². The largest absolute Gasteiger partial charge is 0.481 e. The first-order chi connectivity index (χ1) is 10.6. The molecule has 0 aliphatic rings. The molecule has 1 unspecified atom stereocenters. The van der Waals surface area contributed by atoms with Gasteiger partial charge in [-0.15, -0.1) is 9.89 Å². The molecule has 0 radical (unpaired) electrons. The molecule has 1 heterocycles. The van der Waals surface area contributed by atoms with Gasteiger partial charge >= 0.3 is 12.1 Å². The Kier molecular flexibility index (Phi) is 6.48. The number of hydrogen-bond acceptors (Lipinski definition) is 7. The molecule has 0 saturated heterocycles. The van der Waals surface area contributed by atoms with Crippen molar-refractivity contribution in [2.45, 2.75) is 25.9 Å². The number of aliphatic carboxylic acids is 1. The first-order valence-corrected chi connectivity index (χ1v) is 7.09. The summed E-state index contributed by atoms with van der Waals surface area (Å²) in [6, 6.07) is 0. The number of tetrazole rings is 1. The molecule has 0 saturated carbocycles. The third-order valence-corrected chi connectivity index (χ3v) is 3.38. The van der Waals surface area contributed by atoms with Crippen LogP contribution in [-0.2, 0) is 20.8 Å². The number of thioether (sulfide) groups is 1. The molecule has 128 valence electrons. The van der Waals surface area contributed by atoms with Crippen LogP contribution in [0.1, 0.15) is 19.2 Å². The number of aromatic nitrogens is 4. The van der Waals surface area contributed by atoms with Gasteiger partial charge in [0.1, 0.15) is 5.92 Å². The van der Waals surface area contributed by atoms with Crippen LogP contribution in [0.25, 0.3) is 0 Å². The van der Waals surface area contributed by atoms with Crippen LogP contribution in [0.4, 0.5) is 13.2 Å². The molecule has 0 bridgehead atoms. The zero-order valence-corrected chi connectivity index (χ0v) is 12.5. The van der Waals surface area contributed by atoms with Crippen molar-refractivity contribution >= 4 is 28.8 Å². The molecular formula is C10H12F3N5O4S. The Morgan fingerprint density at radius 1 is 1.39 bits per heavy atom. The van der Waals surface area contributed by atoms with E-state index >= 15 is 0 Å². The van der Waals surface area contributed by atoms with E-state index in [1.807, 2.05) is 5.43 Å². The number of carbonyl (C=O) groups excluding carboxylic acids is 2. The summed E-state index contributed by atoms with van der Waals surface area (Å²) in [4.78, 5) is 33.6. The number of nitrogens with zero attached hydrogens (tertiary/aromatic N) is 4. The number of carbonyl (C=O) groups is 3. The fraction of sp³-hybridized carbons (Fsp3) is 0.600. The molecule has 0 spiro atoms. The first kappa shape index (κ1) is 18.9. The molecule has 1 amide bonds. The summed E-state index contributed by atoms with van der Waals surface area (Å²) in [5, 5.41) is 17.9. The van der Waals surface area contributed by atoms with E-state index in [4.69, 9.17) is 5.11 Å². The summed E-state index contributed by atoms with van der Waals surface area (Å²) in [5.41, 5.74) is 1.85. The van der Waals surface area contributed by atoms with Crippen molar-refractivity contribution in [3.8, 4) is 0 Å². The summed E-state index contributed by atoms with van der Waals surface area (Å²) in [6.07, 6.45) is -5.40. The normalized spacial score (nSPS) is 12.7. The Bertz CT molecular complexity index is 591. The number of amides is 1. The molecule has 0 aromatic carbocycles. The van der Waals surface area contributed by atoms with Crippen molar-refractivity contribution in [3.05, 3.63) is 5.82 Å². The lowest BCUT2D eigenvalue weighted by atomic mass is 10.1. The van der Waals surface area contributed by atoms with Crippen molar-refractivity contribution in [1.29, 1.82) is 0 Å². The number of carboxylic acids is 1. The number of rotatable bonds is 7. The second kappa shape index (κ2) is 7.89. The third kappa shape index (κ3) is 6.22. The maximum atomic E-state index is 12.9. The van der Waals surface area contributed by atoms with Gasteiger partial charge in [0.15, 0.2) is 10.9 Å². The fourth-order valence-electron chi connectivity index (χ4n) is 1.37. The SMILES string of the molecule is CC(=O)SCC(C(=O)Nn1nnnc1CCC(=O)O)C(F)(F)F. The quantitative estimate of drug-likeness (QED) is 0.711. The van der Waals surface area contributed by atoms with Gasteiger partial charge in [0.2, 0.25) is 0 Å². The Morgan fingerprint density at radius 3 is 2.57 bits per heavy atom. The predicted molar refractivity (Wildman–Crippen MR) is 70.8 cm³/mol. The number of halogens is 3. The van der Waals surface area contributed by atoms with Crippen LogP contribution in [0.3, 0.4) is 0 Å². The second-order valence-electron chi connectivity index (χ2n) is 4.27. The van der Waals surface area contributed by atoms with Gasteiger partial charge in [-0.25, -0.2) is 5.43 Å². The smallest absolute Gasteiger partial charge is 0.401 e. The maximum absolute atomic E-state index is 12.9. The molecule has 0 aliphatic carbocycles. The minimum Gasteiger partial charge on any atom is -0.481 e. The second-order valence-corrected chi connectivity index (χ2v) is 5.47. The molecule has 2 N–H and O–H groups in total. The summed E-state index contributed by atoms with van der Waals surface area (Å²) in [6.45, 7) is 1.08. The van der Waals surface area contributed by atoms with E-state index in [-0.39, 0.29) is 18.7 Å². The van der Waals surface area contributed by atoms with E-state index in [1.165, 1.54) is 0 Å². The molecule has 1 atom stereocenters. The molecule has 13 heteroatoms. The zero-order valence-electron chi connectivity index (χ0n) is 11.7. The van der Waals surface area contributed by atoms with Gasteiger partial charge in [-0.3, -0.25) is 14.4 Å². The molecule has 0 fully saturated rings. The maximum Gasteiger partial charge on any atom is 0.401 e. The molecule has 1 aromatic heterocycles. The van der Waals surface area contributed by atoms with E-state index in [2.05, 4.69) is 15.5 Å². The average Bonchev–Trinajstić information content (AvgIpc) is 2.81. The third-order valence-electron chi connectivity index (χ3n) is 2.48. The molecular weight excluding hydrogens is 343 g/mol. The molecule has 0 aliphatic heterocycles. The van der Waals surface area contributed by atoms with Gasteiger partial charge in [-0.1, -0.05) is 11.8 Å². The lowest BCUT2D eigenvalue weighted by molar-refractivity contribution is -0.175. The van der Waals surface area contributed by atoms with Crippen LogP contribution in [0.15, 0.2) is 0 Å². The molecule has 1 aromatic rings. The topological polar surface area (TPSA) is 127 Å². The number of hydrogen-bond donors (Lipinski definition) is 2. The first-order valence-electron chi connectivity index (χ1n) is 6.11. The van der Waals surface area contributed by atoms with E-state index in [1.54, 1.807) is 0 Å². The molecule has 1 rings (SSSR count). The number of nitrogens with one attached hydrogen (secondary N) is 1. The molecule has 23 heavy (non-hydrogen) atoms. The minimum absolute atomic E-state index is 0.110. The number of alkyl halides is 3. The summed E-state index contributed by atoms with van der Waals surface area (Å²) in [7, 11) is 0. The lowest BCUT2D eigenvalue weighted by Crippen LogP contribution is -2.41. The highest BCUT2D eigenvalue weighted by Crippen LogP contribution is 2.29. The zero-order chi connectivity index (χ0) is 17.6. The minimum atomic E-state index is -4.86. The van der Waals surface area contributed by atoms with Gasteiger partial charge in [0.05, 0.1) is 6.42 Å². The van der Waals surface area contributed by atoms with Crippen LogP contribution >= 0.6 is 11.8 Å². The standard InChI is InChI=1S/C10H12F3N5O4S/c1-5(19)23-4-6(10(11,12)13)9(22)15-18-7(14-16-17-18)2-3-8(20)21/h6H,2-4H2,1H3,(H,15,22)(H,20,21). The van der Waals surface area contributed by atoms with Crippen molar-refractivity contribution in [3.63, 3.8) is 0 Å². The van der Waals surface area contributed by atoms with Crippen LogP contribution < -0.4 is 5.43 Å². The van der Waals surface area contributed by atoms with Crippen LogP contribution in [0.5, 0.6) is 0 Å². The Morgan fingerprint density at radius 2 is 2.04 bits per heavy atom. The van der Waals surface area contributed by atoms with Gasteiger partial charge in [0, 0.05) is 19.1 Å². The highest BCUT2D eigenvalue weighted by atomic mass is 32.2. The average molecular weight is 355 g/mol. The van der Waals surface area contributed by atoms with Crippen molar-refractivity contribution in [2.75, 3.05) is 11.2 Å². The predicted octanol–water partition coefficient (Wildman–Crippen LogP) is 0.219. The van der Waals surface area contributed by atoms with Crippen LogP contribution in [0.2, 0.25) is 0 Å². The molecule has 9 nitrogen and oxygen atoms in total. The van der Waals surface area contributed by atoms with E-state index in [9.17, 15) is 27.6 Å². The van der Waals surface area contributed by atoms with E-state index < -0.39 is 34.8 Å². The summed E-state index contributed by atoms with van der Waals surface area (Å²) in [5.74, 6) is -5.93. The highest BCUT2D eigenvalue weighted by Gasteiger charge is 2.45. The Hall–Kier alpha value is -2.18. The lowest BCUT2D eigenvalue weighted by Gasteiger charge is -2.18. The van der Waals surface area contributed by atoms with E-state index in [0.717, 1.165) is 6.92 Å². The van der Waals surface area contributed by atoms with E-state index in [0.29, 0.717) is 16.6 Å². The summed E-state index contributed by atoms with van der Waals surface area (Å²) >= 11 is 0.367. The van der Waals surface area contributed by atoms with Crippen molar-refractivity contribution in [1.82, 2.24) is 20.3 Å². The van der Waals surface area contributed by atoms with Crippen LogP contribution in [-0.4, -0.2) is 54.3 Å². The monoisotopic (exact) mass is 355 g/mol. The van der Waals surface area contributed by atoms with Crippen molar-refractivity contribution < 1.29 is 32.7 Å². The number of carboxylic acid groups (broad SMARTS) is 1. The van der Waals surface area contributed by atoms with Crippen LogP contribution in [0, 0.1) is 5.92 Å².